The lowest BCUT2D eigenvalue weighted by Gasteiger charge is -2.45. The maximum absolute atomic E-state index is 10.5. The predicted octanol–water partition coefficient (Wildman–Crippen LogP) is 1.02. The Labute approximate surface area is 179 Å². The Kier molecular flexibility index (Phi) is 7.14. The van der Waals surface area contributed by atoms with E-state index in [0.717, 1.165) is 10.4 Å². The standard InChI is InChI=1S/C23H32O6Si/c1-23(2,3)30(16-11-7-5-8-12-16,17-13-9-6-10-14-17)28-15-18-19(24)20(25)21(26)22(27-4)29-18/h5-14,18-22,24-26H,15H2,1-4H3/t18-,19-,20+,21-,22-/m1/s1. The minimum atomic E-state index is -2.81. The molecule has 2 aromatic rings. The lowest BCUT2D eigenvalue weighted by atomic mass is 9.99. The van der Waals surface area contributed by atoms with Crippen molar-refractivity contribution in [2.24, 2.45) is 0 Å². The highest BCUT2D eigenvalue weighted by atomic mass is 28.4. The lowest BCUT2D eigenvalue weighted by Crippen LogP contribution is -2.68. The van der Waals surface area contributed by atoms with E-state index in [1.807, 2.05) is 36.4 Å². The molecule has 1 fully saturated rings. The van der Waals surface area contributed by atoms with Gasteiger partial charge in [0.2, 0.25) is 0 Å². The molecule has 0 spiro atoms. The van der Waals surface area contributed by atoms with Gasteiger partial charge in [0, 0.05) is 7.11 Å². The molecule has 30 heavy (non-hydrogen) atoms. The lowest BCUT2D eigenvalue weighted by molar-refractivity contribution is -0.293. The Morgan fingerprint density at radius 3 is 1.77 bits per heavy atom. The minimum absolute atomic E-state index is 0.0537. The summed E-state index contributed by atoms with van der Waals surface area (Å²) >= 11 is 0. The molecule has 6 nitrogen and oxygen atoms in total. The Morgan fingerprint density at radius 1 is 0.833 bits per heavy atom. The molecule has 1 aliphatic heterocycles. The van der Waals surface area contributed by atoms with Crippen molar-refractivity contribution >= 4 is 18.7 Å². The molecule has 164 valence electrons. The van der Waals surface area contributed by atoms with Crippen LogP contribution in [0.1, 0.15) is 20.8 Å². The molecule has 3 N–H and O–H groups in total. The van der Waals surface area contributed by atoms with Gasteiger partial charge in [0.05, 0.1) is 6.61 Å². The molecule has 0 radical (unpaired) electrons. The summed E-state index contributed by atoms with van der Waals surface area (Å²) in [5, 5.41) is 32.8. The normalized spacial score (nSPS) is 27.8. The first-order valence-electron chi connectivity index (χ1n) is 10.2. The van der Waals surface area contributed by atoms with Crippen LogP contribution < -0.4 is 10.4 Å². The van der Waals surface area contributed by atoms with Crippen LogP contribution in [0, 0.1) is 0 Å². The molecular formula is C23H32O6Si. The summed E-state index contributed by atoms with van der Waals surface area (Å²) < 4.78 is 17.6. The fourth-order valence-corrected chi connectivity index (χ4v) is 8.79. The van der Waals surface area contributed by atoms with E-state index < -0.39 is 39.0 Å². The summed E-state index contributed by atoms with van der Waals surface area (Å²) in [4.78, 5) is 0. The smallest absolute Gasteiger partial charge is 0.261 e. The minimum Gasteiger partial charge on any atom is -0.405 e. The Morgan fingerprint density at radius 2 is 1.33 bits per heavy atom. The molecule has 0 saturated carbocycles. The second-order valence-electron chi connectivity index (χ2n) is 8.72. The van der Waals surface area contributed by atoms with Crippen LogP contribution in [0.25, 0.3) is 0 Å². The largest absolute Gasteiger partial charge is 0.405 e. The third-order valence-corrected chi connectivity index (χ3v) is 10.8. The Balaban J connectivity index is 2.00. The van der Waals surface area contributed by atoms with Gasteiger partial charge >= 0.3 is 0 Å². The molecule has 1 aliphatic rings. The molecular weight excluding hydrogens is 400 g/mol. The van der Waals surface area contributed by atoms with E-state index in [9.17, 15) is 15.3 Å². The van der Waals surface area contributed by atoms with Crippen molar-refractivity contribution in [1.29, 1.82) is 0 Å². The molecule has 0 bridgehead atoms. The zero-order valence-corrected chi connectivity index (χ0v) is 18.9. The van der Waals surface area contributed by atoms with Gasteiger partial charge in [0.15, 0.2) is 6.29 Å². The number of benzene rings is 2. The first kappa shape index (κ1) is 23.1. The molecule has 1 saturated heterocycles. The topological polar surface area (TPSA) is 88.4 Å². The number of aliphatic hydroxyl groups is 3. The SMILES string of the molecule is CO[C@@H]1O[C@H](CO[Si](c2ccccc2)(c2ccccc2)C(C)(C)C)[C@@H](O)[C@H](O)[C@H]1O. The quantitative estimate of drug-likeness (QED) is 0.591. The van der Waals surface area contributed by atoms with Gasteiger partial charge in [-0.3, -0.25) is 0 Å². The van der Waals surface area contributed by atoms with Crippen LogP contribution in [-0.2, 0) is 13.9 Å². The molecule has 3 rings (SSSR count). The Hall–Kier alpha value is -1.58. The summed E-state index contributed by atoms with van der Waals surface area (Å²) in [6.45, 7) is 6.54. The average Bonchev–Trinajstić information content (AvgIpc) is 2.74. The zero-order valence-electron chi connectivity index (χ0n) is 17.9. The molecule has 0 aliphatic carbocycles. The number of rotatable bonds is 6. The summed E-state index contributed by atoms with van der Waals surface area (Å²) in [6, 6.07) is 20.3. The van der Waals surface area contributed by atoms with E-state index >= 15 is 0 Å². The van der Waals surface area contributed by atoms with Gasteiger partial charge in [0.25, 0.3) is 8.32 Å². The molecule has 0 unspecified atom stereocenters. The second kappa shape index (κ2) is 9.28. The fourth-order valence-electron chi connectivity index (χ4n) is 4.22. The molecule has 0 amide bonds. The number of aliphatic hydroxyl groups excluding tert-OH is 3. The van der Waals surface area contributed by atoms with E-state index in [-0.39, 0.29) is 11.6 Å². The third kappa shape index (κ3) is 4.24. The van der Waals surface area contributed by atoms with Crippen LogP contribution in [0.4, 0.5) is 0 Å². The van der Waals surface area contributed by atoms with Crippen molar-refractivity contribution in [3.63, 3.8) is 0 Å². The van der Waals surface area contributed by atoms with E-state index in [2.05, 4.69) is 45.0 Å². The van der Waals surface area contributed by atoms with Crippen molar-refractivity contribution in [2.45, 2.75) is 56.5 Å². The summed E-state index contributed by atoms with van der Waals surface area (Å²) in [5.74, 6) is 0. The van der Waals surface area contributed by atoms with Gasteiger partial charge in [0.1, 0.15) is 24.4 Å². The number of hydrogen-bond acceptors (Lipinski definition) is 6. The summed E-state index contributed by atoms with van der Waals surface area (Å²) in [7, 11) is -1.42. The van der Waals surface area contributed by atoms with Crippen molar-refractivity contribution < 1.29 is 29.2 Å². The van der Waals surface area contributed by atoms with Gasteiger partial charge < -0.3 is 29.2 Å². The van der Waals surface area contributed by atoms with Crippen LogP contribution in [-0.4, -0.2) is 68.1 Å². The van der Waals surface area contributed by atoms with Crippen LogP contribution in [0.2, 0.25) is 5.04 Å². The fraction of sp³-hybridized carbons (Fsp3) is 0.478. The van der Waals surface area contributed by atoms with Gasteiger partial charge in [-0.15, -0.1) is 0 Å². The van der Waals surface area contributed by atoms with E-state index in [1.54, 1.807) is 0 Å². The van der Waals surface area contributed by atoms with Gasteiger partial charge in [-0.1, -0.05) is 81.4 Å². The molecule has 1 heterocycles. The van der Waals surface area contributed by atoms with Crippen molar-refractivity contribution in [2.75, 3.05) is 13.7 Å². The monoisotopic (exact) mass is 432 g/mol. The van der Waals surface area contributed by atoms with Crippen LogP contribution in [0.5, 0.6) is 0 Å². The van der Waals surface area contributed by atoms with Crippen LogP contribution in [0.15, 0.2) is 60.7 Å². The zero-order chi connectivity index (χ0) is 21.9. The number of hydrogen-bond donors (Lipinski definition) is 3. The third-order valence-electron chi connectivity index (χ3n) is 5.78. The van der Waals surface area contributed by atoms with Gasteiger partial charge in [-0.05, 0) is 15.4 Å². The highest BCUT2D eigenvalue weighted by molar-refractivity contribution is 6.99. The molecule has 0 aromatic heterocycles. The second-order valence-corrected chi connectivity index (χ2v) is 13.0. The van der Waals surface area contributed by atoms with Gasteiger partial charge in [-0.25, -0.2) is 0 Å². The first-order valence-corrected chi connectivity index (χ1v) is 12.1. The van der Waals surface area contributed by atoms with Crippen molar-refractivity contribution in [3.05, 3.63) is 60.7 Å². The Bertz CT molecular complexity index is 753. The predicted molar refractivity (Wildman–Crippen MR) is 117 cm³/mol. The van der Waals surface area contributed by atoms with Crippen molar-refractivity contribution in [3.8, 4) is 0 Å². The van der Waals surface area contributed by atoms with E-state index in [4.69, 9.17) is 13.9 Å². The number of ether oxygens (including phenoxy) is 2. The van der Waals surface area contributed by atoms with Crippen molar-refractivity contribution in [1.82, 2.24) is 0 Å². The maximum Gasteiger partial charge on any atom is 0.261 e. The van der Waals surface area contributed by atoms with E-state index in [0.29, 0.717) is 0 Å². The van der Waals surface area contributed by atoms with Gasteiger partial charge in [-0.2, -0.15) is 0 Å². The molecule has 7 heteroatoms. The average molecular weight is 433 g/mol. The molecule has 5 atom stereocenters. The summed E-state index contributed by atoms with van der Waals surface area (Å²) in [5.41, 5.74) is 0. The van der Waals surface area contributed by atoms with Crippen LogP contribution in [0.3, 0.4) is 0 Å². The first-order chi connectivity index (χ1) is 14.2. The maximum atomic E-state index is 10.5. The number of methoxy groups -OCH3 is 1. The summed E-state index contributed by atoms with van der Waals surface area (Å²) in [6.07, 6.45) is -5.86. The molecule has 2 aromatic carbocycles. The highest BCUT2D eigenvalue weighted by Gasteiger charge is 2.52. The van der Waals surface area contributed by atoms with Crippen LogP contribution >= 0.6 is 0 Å². The van der Waals surface area contributed by atoms with E-state index in [1.165, 1.54) is 7.11 Å². The highest BCUT2D eigenvalue weighted by Crippen LogP contribution is 2.37.